The van der Waals surface area contributed by atoms with E-state index in [0.717, 1.165) is 12.1 Å². The molecule has 2 amide bonds. The summed E-state index contributed by atoms with van der Waals surface area (Å²) in [5.74, 6) is -1.24. The van der Waals surface area contributed by atoms with Crippen LogP contribution in [0.25, 0.3) is 0 Å². The average molecular weight is 519 g/mol. The quantitative estimate of drug-likeness (QED) is 0.454. The molecule has 2 aromatic carbocycles. The molecular formula is C26H26F4N4O3. The summed E-state index contributed by atoms with van der Waals surface area (Å²) in [5, 5.41) is 2.53. The van der Waals surface area contributed by atoms with Crippen LogP contribution in [0.3, 0.4) is 0 Å². The van der Waals surface area contributed by atoms with Gasteiger partial charge in [0.25, 0.3) is 5.91 Å². The highest BCUT2D eigenvalue weighted by Gasteiger charge is 2.31. The summed E-state index contributed by atoms with van der Waals surface area (Å²) < 4.78 is 61.0. The van der Waals surface area contributed by atoms with Gasteiger partial charge in [0.2, 0.25) is 0 Å². The van der Waals surface area contributed by atoms with Gasteiger partial charge in [0, 0.05) is 25.8 Å². The van der Waals surface area contributed by atoms with Crippen LogP contribution in [-0.2, 0) is 30.4 Å². The third-order valence-electron chi connectivity index (χ3n) is 5.72. The highest BCUT2D eigenvalue weighted by Crippen LogP contribution is 2.30. The van der Waals surface area contributed by atoms with E-state index in [1.165, 1.54) is 34.1 Å². The molecule has 0 atom stereocenters. The lowest BCUT2D eigenvalue weighted by molar-refractivity contribution is -0.137. The number of anilines is 1. The van der Waals surface area contributed by atoms with Crippen molar-refractivity contribution in [1.82, 2.24) is 14.5 Å². The first-order valence-electron chi connectivity index (χ1n) is 11.6. The van der Waals surface area contributed by atoms with E-state index in [9.17, 15) is 22.8 Å². The van der Waals surface area contributed by atoms with E-state index in [4.69, 9.17) is 4.74 Å². The van der Waals surface area contributed by atoms with Gasteiger partial charge in [-0.05, 0) is 62.1 Å². The van der Waals surface area contributed by atoms with Crippen LogP contribution < -0.4 is 5.32 Å². The first-order valence-corrected chi connectivity index (χ1v) is 11.6. The fraction of sp³-hybridized carbons (Fsp3) is 0.346. The van der Waals surface area contributed by atoms with E-state index in [2.05, 4.69) is 10.3 Å². The second-order valence-electron chi connectivity index (χ2n) is 9.80. The predicted octanol–water partition coefficient (Wildman–Crippen LogP) is 5.63. The van der Waals surface area contributed by atoms with Gasteiger partial charge in [-0.25, -0.2) is 14.2 Å². The number of halogens is 4. The number of hydrogen-bond acceptors (Lipinski definition) is 4. The van der Waals surface area contributed by atoms with Crippen molar-refractivity contribution in [2.45, 2.75) is 52.1 Å². The Labute approximate surface area is 211 Å². The van der Waals surface area contributed by atoms with E-state index in [1.54, 1.807) is 32.9 Å². The molecule has 7 nitrogen and oxygen atoms in total. The van der Waals surface area contributed by atoms with Gasteiger partial charge in [-0.1, -0.05) is 18.2 Å². The van der Waals surface area contributed by atoms with E-state index in [-0.39, 0.29) is 37.4 Å². The number of fused-ring (bicyclic) bond motifs is 1. The number of nitrogens with zero attached hydrogens (tertiary/aromatic N) is 3. The summed E-state index contributed by atoms with van der Waals surface area (Å²) in [6.45, 7) is 5.83. The number of hydrogen-bond donors (Lipinski definition) is 1. The molecule has 1 aliphatic heterocycles. The molecule has 196 valence electrons. The lowest BCUT2D eigenvalue weighted by Crippen LogP contribution is -2.40. The fourth-order valence-corrected chi connectivity index (χ4v) is 4.02. The summed E-state index contributed by atoms with van der Waals surface area (Å²) in [5.41, 5.74) is -0.206. The van der Waals surface area contributed by atoms with Crippen LogP contribution in [0.4, 0.5) is 28.2 Å². The van der Waals surface area contributed by atoms with E-state index in [0.29, 0.717) is 16.7 Å². The molecule has 0 saturated heterocycles. The molecule has 2 heterocycles. The molecule has 0 spiro atoms. The second-order valence-corrected chi connectivity index (χ2v) is 9.80. The predicted molar refractivity (Wildman–Crippen MR) is 127 cm³/mol. The van der Waals surface area contributed by atoms with E-state index in [1.807, 2.05) is 0 Å². The molecule has 0 aliphatic carbocycles. The molecule has 1 aliphatic rings. The molecule has 0 unspecified atom stereocenters. The SMILES string of the molecule is CC(C)(C)OC(=O)N1CCc2c(ccc(C(=O)Nc3cn(Cc4cccc(C(F)(F)F)c4)cn3)c2F)C1. The molecule has 37 heavy (non-hydrogen) atoms. The Balaban J connectivity index is 1.43. The average Bonchev–Trinajstić information content (AvgIpc) is 3.24. The number of benzene rings is 2. The molecule has 1 aromatic heterocycles. The third kappa shape index (κ3) is 6.28. The number of aromatic nitrogens is 2. The summed E-state index contributed by atoms with van der Waals surface area (Å²) >= 11 is 0. The summed E-state index contributed by atoms with van der Waals surface area (Å²) in [4.78, 5) is 30.7. The van der Waals surface area contributed by atoms with Crippen molar-refractivity contribution >= 4 is 17.8 Å². The maximum absolute atomic E-state index is 15.2. The lowest BCUT2D eigenvalue weighted by atomic mass is 9.96. The minimum Gasteiger partial charge on any atom is -0.444 e. The highest BCUT2D eigenvalue weighted by atomic mass is 19.4. The van der Waals surface area contributed by atoms with Gasteiger partial charge in [0.1, 0.15) is 11.4 Å². The third-order valence-corrected chi connectivity index (χ3v) is 5.72. The van der Waals surface area contributed by atoms with E-state index >= 15 is 4.39 Å². The van der Waals surface area contributed by atoms with Crippen molar-refractivity contribution in [3.8, 4) is 0 Å². The van der Waals surface area contributed by atoms with Crippen molar-refractivity contribution in [2.24, 2.45) is 0 Å². The van der Waals surface area contributed by atoms with Crippen LogP contribution in [0, 0.1) is 5.82 Å². The van der Waals surface area contributed by atoms with Crippen LogP contribution in [-0.4, -0.2) is 38.6 Å². The lowest BCUT2D eigenvalue weighted by Gasteiger charge is -2.31. The fourth-order valence-electron chi connectivity index (χ4n) is 4.02. The van der Waals surface area contributed by atoms with Gasteiger partial charge in [0.15, 0.2) is 5.82 Å². The molecule has 0 bridgehead atoms. The Morgan fingerprint density at radius 1 is 1.14 bits per heavy atom. The zero-order valence-electron chi connectivity index (χ0n) is 20.5. The van der Waals surface area contributed by atoms with Gasteiger partial charge >= 0.3 is 12.3 Å². The number of rotatable bonds is 4. The minimum atomic E-state index is -4.45. The van der Waals surface area contributed by atoms with Gasteiger partial charge < -0.3 is 19.5 Å². The smallest absolute Gasteiger partial charge is 0.416 e. The number of amides is 2. The van der Waals surface area contributed by atoms with Crippen molar-refractivity contribution in [3.63, 3.8) is 0 Å². The Kier molecular flexibility index (Phi) is 6.98. The Bertz CT molecular complexity index is 1330. The zero-order chi connectivity index (χ0) is 27.0. The molecular weight excluding hydrogens is 492 g/mol. The first-order chi connectivity index (χ1) is 17.3. The van der Waals surface area contributed by atoms with E-state index < -0.39 is 35.2 Å². The molecule has 0 fully saturated rings. The topological polar surface area (TPSA) is 76.5 Å². The molecule has 11 heteroatoms. The van der Waals surface area contributed by atoms with Crippen molar-refractivity contribution in [2.75, 3.05) is 11.9 Å². The normalized spacial score (nSPS) is 13.8. The van der Waals surface area contributed by atoms with Crippen molar-refractivity contribution in [1.29, 1.82) is 0 Å². The molecule has 4 rings (SSSR count). The number of imidazole rings is 1. The molecule has 0 saturated carbocycles. The van der Waals surface area contributed by atoms with Gasteiger partial charge in [0.05, 0.1) is 17.5 Å². The van der Waals surface area contributed by atoms with Crippen LogP contribution in [0.5, 0.6) is 0 Å². The molecule has 0 radical (unpaired) electrons. The maximum Gasteiger partial charge on any atom is 0.416 e. The van der Waals surface area contributed by atoms with Gasteiger partial charge in [-0.3, -0.25) is 4.79 Å². The standard InChI is InChI=1S/C26H26F4N4O3/c1-25(2,3)37-24(36)34-10-9-19-17(13-34)7-8-20(22(19)27)23(35)32-21-14-33(15-31-21)12-16-5-4-6-18(11-16)26(28,29)30/h4-8,11,14-15H,9-10,12-13H2,1-3H3,(H,32,35). The van der Waals surface area contributed by atoms with Crippen molar-refractivity contribution in [3.05, 3.63) is 82.6 Å². The Morgan fingerprint density at radius 3 is 2.59 bits per heavy atom. The highest BCUT2D eigenvalue weighted by molar-refractivity contribution is 6.04. The first kappa shape index (κ1) is 26.2. The maximum atomic E-state index is 15.2. The molecule has 3 aromatic rings. The van der Waals surface area contributed by atoms with Crippen LogP contribution in [0.1, 0.15) is 53.4 Å². The molecule has 1 N–H and O–H groups in total. The number of carbonyl (C=O) groups excluding carboxylic acids is 2. The van der Waals surface area contributed by atoms with Gasteiger partial charge in [-0.15, -0.1) is 0 Å². The number of carbonyl (C=O) groups is 2. The summed E-state index contributed by atoms with van der Waals surface area (Å²) in [7, 11) is 0. The second kappa shape index (κ2) is 9.87. The number of ether oxygens (including phenoxy) is 1. The van der Waals surface area contributed by atoms with Gasteiger partial charge in [-0.2, -0.15) is 13.2 Å². The summed E-state index contributed by atoms with van der Waals surface area (Å²) in [6, 6.07) is 7.87. The largest absolute Gasteiger partial charge is 0.444 e. The minimum absolute atomic E-state index is 0.105. The van der Waals surface area contributed by atoms with Crippen LogP contribution in [0.15, 0.2) is 48.9 Å². The monoisotopic (exact) mass is 518 g/mol. The van der Waals surface area contributed by atoms with Crippen LogP contribution in [0.2, 0.25) is 0 Å². The number of alkyl halides is 3. The van der Waals surface area contributed by atoms with Crippen molar-refractivity contribution < 1.29 is 31.9 Å². The Morgan fingerprint density at radius 2 is 1.89 bits per heavy atom. The Hall–Kier alpha value is -3.89. The zero-order valence-corrected chi connectivity index (χ0v) is 20.5. The number of nitrogens with one attached hydrogen (secondary N) is 1. The van der Waals surface area contributed by atoms with Crippen LogP contribution >= 0.6 is 0 Å². The summed E-state index contributed by atoms with van der Waals surface area (Å²) in [6.07, 6.45) is -1.89.